The first-order valence-corrected chi connectivity index (χ1v) is 9.89. The van der Waals surface area contributed by atoms with E-state index >= 15 is 0 Å². The maximum absolute atomic E-state index is 5.56. The van der Waals surface area contributed by atoms with Crippen molar-refractivity contribution in [3.05, 3.63) is 60.1 Å². The van der Waals surface area contributed by atoms with Crippen LogP contribution in [-0.2, 0) is 6.54 Å². The zero-order valence-electron chi connectivity index (χ0n) is 17.9. The molecule has 28 heavy (non-hydrogen) atoms. The Bertz CT molecular complexity index is 684. The Balaban J connectivity index is 1.74. The second-order valence-electron chi connectivity index (χ2n) is 7.41. The SMILES string of the molecule is CN=C(NCCC(C)N(C)Cc1ccccc1)NCC(c1ccco1)N(C)C. The fourth-order valence-corrected chi connectivity index (χ4v) is 3.08. The highest BCUT2D eigenvalue weighted by molar-refractivity contribution is 5.79. The molecule has 2 N–H and O–H groups in total. The summed E-state index contributed by atoms with van der Waals surface area (Å²) in [5.41, 5.74) is 1.34. The third-order valence-corrected chi connectivity index (χ3v) is 5.06. The van der Waals surface area contributed by atoms with Crippen LogP contribution in [0.5, 0.6) is 0 Å². The molecule has 1 heterocycles. The third kappa shape index (κ3) is 7.02. The minimum absolute atomic E-state index is 0.157. The molecule has 0 fully saturated rings. The predicted octanol–water partition coefficient (Wildman–Crippen LogP) is 2.96. The molecule has 0 radical (unpaired) electrons. The summed E-state index contributed by atoms with van der Waals surface area (Å²) in [5.74, 6) is 1.76. The van der Waals surface area contributed by atoms with E-state index in [0.717, 1.165) is 37.8 Å². The summed E-state index contributed by atoms with van der Waals surface area (Å²) in [6, 6.07) is 15.2. The van der Waals surface area contributed by atoms with Crippen LogP contribution in [0.3, 0.4) is 0 Å². The molecule has 2 unspecified atom stereocenters. The summed E-state index contributed by atoms with van der Waals surface area (Å²) >= 11 is 0. The molecule has 2 aromatic rings. The van der Waals surface area contributed by atoms with E-state index in [2.05, 4.69) is 83.8 Å². The number of hydrogen-bond acceptors (Lipinski definition) is 4. The summed E-state index contributed by atoms with van der Waals surface area (Å²) in [6.07, 6.45) is 2.76. The number of likely N-dealkylation sites (N-methyl/N-ethyl adjacent to an activating group) is 1. The molecule has 154 valence electrons. The molecule has 0 aliphatic rings. The maximum Gasteiger partial charge on any atom is 0.191 e. The van der Waals surface area contributed by atoms with Crippen LogP contribution in [0.2, 0.25) is 0 Å². The molecule has 6 nitrogen and oxygen atoms in total. The van der Waals surface area contributed by atoms with Crippen LogP contribution in [0.25, 0.3) is 0 Å². The molecular weight excluding hydrogens is 350 g/mol. The second-order valence-corrected chi connectivity index (χ2v) is 7.41. The largest absolute Gasteiger partial charge is 0.468 e. The van der Waals surface area contributed by atoms with Gasteiger partial charge in [-0.3, -0.25) is 14.8 Å². The number of aliphatic imine (C=N–C) groups is 1. The number of rotatable bonds is 10. The molecule has 6 heteroatoms. The van der Waals surface area contributed by atoms with Gasteiger partial charge < -0.3 is 15.1 Å². The van der Waals surface area contributed by atoms with Crippen LogP contribution in [0.1, 0.15) is 30.7 Å². The molecule has 0 aliphatic carbocycles. The normalized spacial score (nSPS) is 14.3. The van der Waals surface area contributed by atoms with Crippen LogP contribution in [-0.4, -0.2) is 63.1 Å². The standard InChI is InChI=1S/C22H35N5O/c1-18(27(5)17-19-10-7-6-8-11-19)13-14-24-22(23-2)25-16-20(26(3)4)21-12-9-15-28-21/h6-12,15,18,20H,13-14,16-17H2,1-5H3,(H2,23,24,25). The summed E-state index contributed by atoms with van der Waals surface area (Å²) in [4.78, 5) is 8.86. The highest BCUT2D eigenvalue weighted by atomic mass is 16.3. The van der Waals surface area contributed by atoms with E-state index in [1.807, 2.05) is 12.1 Å². The lowest BCUT2D eigenvalue weighted by Gasteiger charge is -2.26. The third-order valence-electron chi connectivity index (χ3n) is 5.06. The van der Waals surface area contributed by atoms with Crippen LogP contribution in [0.4, 0.5) is 0 Å². The first-order valence-electron chi connectivity index (χ1n) is 9.89. The van der Waals surface area contributed by atoms with Gasteiger partial charge in [0.05, 0.1) is 12.3 Å². The van der Waals surface area contributed by atoms with Crippen molar-refractivity contribution >= 4 is 5.96 Å². The van der Waals surface area contributed by atoms with Crippen molar-refractivity contribution in [2.75, 3.05) is 41.3 Å². The van der Waals surface area contributed by atoms with Crippen LogP contribution < -0.4 is 10.6 Å². The summed E-state index contributed by atoms with van der Waals surface area (Å²) < 4.78 is 5.56. The smallest absolute Gasteiger partial charge is 0.191 e. The van der Waals surface area contributed by atoms with Gasteiger partial charge in [-0.1, -0.05) is 30.3 Å². The summed E-state index contributed by atoms with van der Waals surface area (Å²) in [7, 11) is 8.08. The van der Waals surface area contributed by atoms with E-state index in [1.165, 1.54) is 5.56 Å². The molecule has 0 amide bonds. The first-order chi connectivity index (χ1) is 13.5. The highest BCUT2D eigenvalue weighted by Crippen LogP contribution is 2.17. The molecule has 0 bridgehead atoms. The van der Waals surface area contributed by atoms with Gasteiger partial charge in [0.1, 0.15) is 5.76 Å². The van der Waals surface area contributed by atoms with E-state index in [-0.39, 0.29) is 6.04 Å². The van der Waals surface area contributed by atoms with E-state index in [4.69, 9.17) is 4.42 Å². The summed E-state index contributed by atoms with van der Waals surface area (Å²) in [6.45, 7) is 4.82. The summed E-state index contributed by atoms with van der Waals surface area (Å²) in [5, 5.41) is 6.83. The lowest BCUT2D eigenvalue weighted by atomic mass is 10.1. The average Bonchev–Trinajstić information content (AvgIpc) is 3.21. The monoisotopic (exact) mass is 385 g/mol. The predicted molar refractivity (Wildman–Crippen MR) is 116 cm³/mol. The quantitative estimate of drug-likeness (QED) is 0.486. The van der Waals surface area contributed by atoms with Crippen molar-refractivity contribution in [2.45, 2.75) is 32.0 Å². The Morgan fingerprint density at radius 3 is 2.43 bits per heavy atom. The Morgan fingerprint density at radius 2 is 1.82 bits per heavy atom. The number of benzene rings is 1. The van der Waals surface area contributed by atoms with E-state index < -0.39 is 0 Å². The number of guanidine groups is 1. The molecule has 1 aromatic carbocycles. The molecule has 0 aliphatic heterocycles. The van der Waals surface area contributed by atoms with E-state index in [1.54, 1.807) is 13.3 Å². The Labute approximate surface area is 169 Å². The number of hydrogen-bond donors (Lipinski definition) is 2. The van der Waals surface area contributed by atoms with Gasteiger partial charge in [0.2, 0.25) is 0 Å². The van der Waals surface area contributed by atoms with E-state index in [0.29, 0.717) is 6.04 Å². The molecule has 0 spiro atoms. The van der Waals surface area contributed by atoms with E-state index in [9.17, 15) is 0 Å². The fraction of sp³-hybridized carbons (Fsp3) is 0.500. The zero-order valence-corrected chi connectivity index (χ0v) is 17.9. The molecule has 0 saturated heterocycles. The van der Waals surface area contributed by atoms with Gasteiger partial charge in [-0.2, -0.15) is 0 Å². The first kappa shape index (κ1) is 22.0. The maximum atomic E-state index is 5.56. The second kappa shape index (κ2) is 11.5. The number of nitrogens with zero attached hydrogens (tertiary/aromatic N) is 3. The van der Waals surface area contributed by atoms with Crippen molar-refractivity contribution in [3.8, 4) is 0 Å². The topological polar surface area (TPSA) is 56.0 Å². The molecule has 2 atom stereocenters. The highest BCUT2D eigenvalue weighted by Gasteiger charge is 2.17. The molecule has 2 rings (SSSR count). The van der Waals surface area contributed by atoms with Gasteiger partial charge in [0.25, 0.3) is 0 Å². The zero-order chi connectivity index (χ0) is 20.4. The molecule has 0 saturated carbocycles. The van der Waals surface area contributed by atoms with Crippen LogP contribution in [0.15, 0.2) is 58.1 Å². The average molecular weight is 386 g/mol. The van der Waals surface area contributed by atoms with Gasteiger partial charge in [-0.05, 0) is 52.2 Å². The van der Waals surface area contributed by atoms with Gasteiger partial charge in [-0.25, -0.2) is 0 Å². The van der Waals surface area contributed by atoms with Crippen molar-refractivity contribution in [2.24, 2.45) is 4.99 Å². The number of nitrogens with one attached hydrogen (secondary N) is 2. The Hall–Kier alpha value is -2.31. The van der Waals surface area contributed by atoms with Crippen molar-refractivity contribution < 1.29 is 4.42 Å². The minimum Gasteiger partial charge on any atom is -0.468 e. The van der Waals surface area contributed by atoms with Crippen molar-refractivity contribution in [1.82, 2.24) is 20.4 Å². The molecule has 1 aromatic heterocycles. The van der Waals surface area contributed by atoms with Gasteiger partial charge in [-0.15, -0.1) is 0 Å². The number of furan rings is 1. The van der Waals surface area contributed by atoms with Crippen molar-refractivity contribution in [1.29, 1.82) is 0 Å². The minimum atomic E-state index is 0.157. The Morgan fingerprint density at radius 1 is 1.07 bits per heavy atom. The van der Waals surface area contributed by atoms with Crippen LogP contribution >= 0.6 is 0 Å². The van der Waals surface area contributed by atoms with Gasteiger partial charge in [0.15, 0.2) is 5.96 Å². The Kier molecular flexibility index (Phi) is 9.04. The lowest BCUT2D eigenvalue weighted by molar-refractivity contribution is 0.238. The van der Waals surface area contributed by atoms with Crippen molar-refractivity contribution in [3.63, 3.8) is 0 Å². The fourth-order valence-electron chi connectivity index (χ4n) is 3.08. The van der Waals surface area contributed by atoms with Crippen LogP contribution in [0, 0.1) is 0 Å². The molecular formula is C22H35N5O. The van der Waals surface area contributed by atoms with Gasteiger partial charge in [0, 0.05) is 32.7 Å². The lowest BCUT2D eigenvalue weighted by Crippen LogP contribution is -2.43. The van der Waals surface area contributed by atoms with Gasteiger partial charge >= 0.3 is 0 Å².